The zero-order valence-electron chi connectivity index (χ0n) is 15.2. The summed E-state index contributed by atoms with van der Waals surface area (Å²) < 4.78 is 15.7. The van der Waals surface area contributed by atoms with Crippen molar-refractivity contribution in [2.45, 2.75) is 13.0 Å². The lowest BCUT2D eigenvalue weighted by Crippen LogP contribution is -2.40. The van der Waals surface area contributed by atoms with Gasteiger partial charge in [0.15, 0.2) is 13.2 Å². The van der Waals surface area contributed by atoms with Gasteiger partial charge in [0, 0.05) is 12.1 Å². The van der Waals surface area contributed by atoms with E-state index in [1.54, 1.807) is 36.4 Å². The summed E-state index contributed by atoms with van der Waals surface area (Å²) in [5.41, 5.74) is 1.26. The van der Waals surface area contributed by atoms with Gasteiger partial charge in [-0.3, -0.25) is 9.59 Å². The van der Waals surface area contributed by atoms with Crippen molar-refractivity contribution in [1.82, 2.24) is 10.1 Å². The Morgan fingerprint density at radius 2 is 1.97 bits per heavy atom. The molecule has 0 atom stereocenters. The van der Waals surface area contributed by atoms with E-state index in [0.29, 0.717) is 27.8 Å². The van der Waals surface area contributed by atoms with Crippen LogP contribution in [0.2, 0.25) is 5.02 Å². The normalized spacial score (nSPS) is 13.0. The molecule has 0 N–H and O–H groups in total. The molecular weight excluding hydrogens is 398 g/mol. The van der Waals surface area contributed by atoms with E-state index in [9.17, 15) is 9.59 Å². The number of amides is 1. The molecule has 0 saturated carbocycles. The van der Waals surface area contributed by atoms with E-state index in [0.717, 1.165) is 0 Å². The third-order valence-corrected chi connectivity index (χ3v) is 4.62. The maximum atomic E-state index is 12.1. The summed E-state index contributed by atoms with van der Waals surface area (Å²) >= 11 is 6.11. The van der Waals surface area contributed by atoms with Crippen molar-refractivity contribution in [3.63, 3.8) is 0 Å². The molecule has 4 rings (SSSR count). The summed E-state index contributed by atoms with van der Waals surface area (Å²) in [5.74, 6) is 0.383. The Bertz CT molecular complexity index is 1050. The van der Waals surface area contributed by atoms with Gasteiger partial charge in [0.05, 0.1) is 17.1 Å². The highest BCUT2D eigenvalue weighted by atomic mass is 35.5. The molecule has 1 aromatic heterocycles. The third-order valence-electron chi connectivity index (χ3n) is 4.29. The van der Waals surface area contributed by atoms with Crippen LogP contribution in [0.25, 0.3) is 11.4 Å². The number of ether oxygens (including phenoxy) is 2. The summed E-state index contributed by atoms with van der Waals surface area (Å²) in [6.07, 6.45) is 0.0194. The fourth-order valence-corrected chi connectivity index (χ4v) is 3.10. The number of para-hydroxylation sites is 2. The van der Waals surface area contributed by atoms with Gasteiger partial charge in [0.1, 0.15) is 5.75 Å². The quantitative estimate of drug-likeness (QED) is 0.572. The standard InChI is InChI=1S/C20H16ClN3O5/c21-14-6-2-1-5-13(14)20-22-17(29-23-20)11-28-19(26)9-10-24-15-7-3-4-8-16(15)27-12-18(24)25/h1-8H,9-12H2. The number of aromatic nitrogens is 2. The van der Waals surface area contributed by atoms with Gasteiger partial charge in [-0.1, -0.05) is 41.0 Å². The minimum Gasteiger partial charge on any atom is -0.482 e. The smallest absolute Gasteiger partial charge is 0.308 e. The Kier molecular flexibility index (Phi) is 5.44. The molecule has 9 heteroatoms. The van der Waals surface area contributed by atoms with E-state index in [4.69, 9.17) is 25.6 Å². The second kappa shape index (κ2) is 8.32. The average Bonchev–Trinajstić information content (AvgIpc) is 3.20. The molecule has 0 saturated heterocycles. The maximum Gasteiger partial charge on any atom is 0.308 e. The molecule has 0 spiro atoms. The van der Waals surface area contributed by atoms with Crippen molar-refractivity contribution in [1.29, 1.82) is 0 Å². The Labute approximate surface area is 171 Å². The van der Waals surface area contributed by atoms with E-state index in [2.05, 4.69) is 10.1 Å². The zero-order chi connectivity index (χ0) is 20.2. The number of carbonyl (C=O) groups excluding carboxylic acids is 2. The molecule has 1 amide bonds. The molecule has 29 heavy (non-hydrogen) atoms. The van der Waals surface area contributed by atoms with Gasteiger partial charge in [0.2, 0.25) is 5.82 Å². The van der Waals surface area contributed by atoms with E-state index in [1.165, 1.54) is 4.90 Å². The molecule has 0 bridgehead atoms. The van der Waals surface area contributed by atoms with Crippen LogP contribution in [0.5, 0.6) is 5.75 Å². The van der Waals surface area contributed by atoms with Crippen molar-refractivity contribution >= 4 is 29.2 Å². The van der Waals surface area contributed by atoms with Gasteiger partial charge in [-0.2, -0.15) is 4.98 Å². The number of anilines is 1. The monoisotopic (exact) mass is 413 g/mol. The predicted octanol–water partition coefficient (Wildman–Crippen LogP) is 3.25. The van der Waals surface area contributed by atoms with Gasteiger partial charge >= 0.3 is 5.97 Å². The van der Waals surface area contributed by atoms with E-state index in [1.807, 2.05) is 12.1 Å². The zero-order valence-corrected chi connectivity index (χ0v) is 16.0. The lowest BCUT2D eigenvalue weighted by atomic mass is 10.2. The van der Waals surface area contributed by atoms with Gasteiger partial charge in [-0.15, -0.1) is 0 Å². The van der Waals surface area contributed by atoms with E-state index >= 15 is 0 Å². The van der Waals surface area contributed by atoms with Crippen molar-refractivity contribution in [2.24, 2.45) is 0 Å². The number of hydrogen-bond donors (Lipinski definition) is 0. The third kappa shape index (κ3) is 4.22. The van der Waals surface area contributed by atoms with Crippen LogP contribution in [-0.4, -0.2) is 35.2 Å². The lowest BCUT2D eigenvalue weighted by molar-refractivity contribution is -0.145. The molecule has 8 nitrogen and oxygen atoms in total. The molecule has 0 aliphatic carbocycles. The van der Waals surface area contributed by atoms with Gasteiger partial charge in [-0.25, -0.2) is 0 Å². The van der Waals surface area contributed by atoms with E-state index < -0.39 is 5.97 Å². The number of fused-ring (bicyclic) bond motifs is 1. The minimum absolute atomic E-state index is 0.0194. The number of rotatable bonds is 6. The molecule has 0 radical (unpaired) electrons. The van der Waals surface area contributed by atoms with Crippen molar-refractivity contribution in [3.05, 3.63) is 59.4 Å². The highest BCUT2D eigenvalue weighted by molar-refractivity contribution is 6.33. The Balaban J connectivity index is 1.32. The fourth-order valence-electron chi connectivity index (χ4n) is 2.88. The summed E-state index contributed by atoms with van der Waals surface area (Å²) in [7, 11) is 0. The Morgan fingerprint density at radius 1 is 1.17 bits per heavy atom. The topological polar surface area (TPSA) is 94.8 Å². The number of nitrogens with zero attached hydrogens (tertiary/aromatic N) is 3. The SMILES string of the molecule is O=C(CCN1C(=O)COc2ccccc21)OCc1nc(-c2ccccc2Cl)no1. The lowest BCUT2D eigenvalue weighted by Gasteiger charge is -2.28. The molecule has 1 aliphatic rings. The molecule has 148 valence electrons. The Hall–Kier alpha value is -3.39. The van der Waals surface area contributed by atoms with Crippen molar-refractivity contribution in [3.8, 4) is 17.1 Å². The van der Waals surface area contributed by atoms with Crippen LogP contribution in [0.15, 0.2) is 53.1 Å². The first-order valence-electron chi connectivity index (χ1n) is 8.87. The van der Waals surface area contributed by atoms with Gasteiger partial charge in [0.25, 0.3) is 11.8 Å². The molecule has 2 aromatic carbocycles. The van der Waals surface area contributed by atoms with Crippen molar-refractivity contribution < 1.29 is 23.6 Å². The number of carbonyl (C=O) groups is 2. The summed E-state index contributed by atoms with van der Waals surface area (Å²) in [6.45, 7) is -0.0322. The molecule has 0 unspecified atom stereocenters. The highest BCUT2D eigenvalue weighted by Gasteiger charge is 2.25. The first-order chi connectivity index (χ1) is 14.1. The summed E-state index contributed by atoms with van der Waals surface area (Å²) in [5, 5.41) is 4.34. The van der Waals surface area contributed by atoms with Crippen LogP contribution in [0.4, 0.5) is 5.69 Å². The number of halogens is 1. The summed E-state index contributed by atoms with van der Waals surface area (Å²) in [4.78, 5) is 29.9. The molecule has 3 aromatic rings. The second-order valence-corrected chi connectivity index (χ2v) is 6.61. The van der Waals surface area contributed by atoms with Crippen LogP contribution >= 0.6 is 11.6 Å². The van der Waals surface area contributed by atoms with Crippen molar-refractivity contribution in [2.75, 3.05) is 18.1 Å². The number of benzene rings is 2. The van der Waals surface area contributed by atoms with Crippen LogP contribution in [0.3, 0.4) is 0 Å². The minimum atomic E-state index is -0.487. The number of hydrogen-bond acceptors (Lipinski definition) is 7. The Morgan fingerprint density at radius 3 is 2.83 bits per heavy atom. The number of esters is 1. The molecule has 2 heterocycles. The first-order valence-corrected chi connectivity index (χ1v) is 9.25. The van der Waals surface area contributed by atoms with Crippen LogP contribution in [0.1, 0.15) is 12.3 Å². The molecule has 1 aliphatic heterocycles. The maximum absolute atomic E-state index is 12.1. The van der Waals surface area contributed by atoms with Crippen LogP contribution < -0.4 is 9.64 Å². The predicted molar refractivity (Wildman–Crippen MR) is 103 cm³/mol. The van der Waals surface area contributed by atoms with Crippen LogP contribution in [-0.2, 0) is 20.9 Å². The van der Waals surface area contributed by atoms with E-state index in [-0.39, 0.29) is 38.0 Å². The fraction of sp³-hybridized carbons (Fsp3) is 0.200. The average molecular weight is 414 g/mol. The summed E-state index contributed by atoms with van der Waals surface area (Å²) in [6, 6.07) is 14.3. The molecular formula is C20H16ClN3O5. The van der Waals surface area contributed by atoms with Gasteiger partial charge < -0.3 is 18.9 Å². The molecule has 0 fully saturated rings. The highest BCUT2D eigenvalue weighted by Crippen LogP contribution is 2.31. The second-order valence-electron chi connectivity index (χ2n) is 6.20. The van der Waals surface area contributed by atoms with Gasteiger partial charge in [-0.05, 0) is 24.3 Å². The van der Waals surface area contributed by atoms with Crippen LogP contribution in [0, 0.1) is 0 Å². The largest absolute Gasteiger partial charge is 0.482 e. The first kappa shape index (κ1) is 18.9.